The van der Waals surface area contributed by atoms with E-state index in [-0.39, 0.29) is 12.6 Å². The molecule has 2 aromatic carbocycles. The second-order valence-electron chi connectivity index (χ2n) is 7.22. The van der Waals surface area contributed by atoms with E-state index in [0.717, 1.165) is 47.0 Å². The van der Waals surface area contributed by atoms with Crippen LogP contribution in [0.3, 0.4) is 0 Å². The fourth-order valence-corrected chi connectivity index (χ4v) is 4.21. The van der Waals surface area contributed by atoms with Crippen LogP contribution in [0.4, 0.5) is 13.2 Å². The lowest BCUT2D eigenvalue weighted by Gasteiger charge is -2.18. The number of rotatable bonds is 7. The summed E-state index contributed by atoms with van der Waals surface area (Å²) in [5.41, 5.74) is 3.17. The second kappa shape index (κ2) is 8.84. The van der Waals surface area contributed by atoms with Crippen molar-refractivity contribution in [3.8, 4) is 17.0 Å². The Labute approximate surface area is 185 Å². The molecule has 0 bridgehead atoms. The van der Waals surface area contributed by atoms with Crippen molar-refractivity contribution in [2.45, 2.75) is 25.4 Å². The number of hydrogen-bond acceptors (Lipinski definition) is 4. The Balaban J connectivity index is 1.48. The summed E-state index contributed by atoms with van der Waals surface area (Å²) in [7, 11) is 0. The van der Waals surface area contributed by atoms with Crippen LogP contribution >= 0.6 is 15.9 Å². The summed E-state index contributed by atoms with van der Waals surface area (Å²) in [5, 5.41) is 7.69. The number of ether oxygens (including phenoxy) is 1. The van der Waals surface area contributed by atoms with Crippen LogP contribution < -0.4 is 4.74 Å². The average molecular weight is 494 g/mol. The highest BCUT2D eigenvalue weighted by atomic mass is 79.9. The molecule has 162 valence electrons. The minimum absolute atomic E-state index is 0.202. The molecule has 0 saturated carbocycles. The Kier molecular flexibility index (Phi) is 6.15. The van der Waals surface area contributed by atoms with Gasteiger partial charge in [0.15, 0.2) is 0 Å². The molecule has 1 aromatic heterocycles. The normalized spacial score (nSPS) is 16.3. The first-order valence-corrected chi connectivity index (χ1v) is 10.7. The number of carbonyl (C=O) groups is 1. The minimum atomic E-state index is -4.38. The Bertz CT molecular complexity index is 1070. The van der Waals surface area contributed by atoms with E-state index in [4.69, 9.17) is 4.74 Å². The van der Waals surface area contributed by atoms with Gasteiger partial charge in [0, 0.05) is 35.7 Å². The zero-order valence-corrected chi connectivity index (χ0v) is 17.9. The first kappa shape index (κ1) is 21.6. The van der Waals surface area contributed by atoms with Crippen molar-refractivity contribution in [3.63, 3.8) is 0 Å². The fourth-order valence-electron chi connectivity index (χ4n) is 3.75. The lowest BCUT2D eigenvalue weighted by Crippen LogP contribution is -2.24. The van der Waals surface area contributed by atoms with E-state index >= 15 is 0 Å². The van der Waals surface area contributed by atoms with E-state index in [1.807, 2.05) is 18.2 Å². The summed E-state index contributed by atoms with van der Waals surface area (Å²) in [6.07, 6.45) is -1.76. The fraction of sp³-hybridized carbons (Fsp3) is 0.273. The third-order valence-electron chi connectivity index (χ3n) is 5.30. The van der Waals surface area contributed by atoms with Crippen LogP contribution in [0.2, 0.25) is 0 Å². The molecule has 1 atom stereocenters. The Morgan fingerprint density at radius 3 is 2.68 bits per heavy atom. The van der Waals surface area contributed by atoms with Crippen molar-refractivity contribution in [1.82, 2.24) is 15.1 Å². The van der Waals surface area contributed by atoms with Gasteiger partial charge in [0.05, 0.1) is 17.3 Å². The molecule has 5 nitrogen and oxygen atoms in total. The molecule has 1 aliphatic heterocycles. The first-order valence-electron chi connectivity index (χ1n) is 9.62. The van der Waals surface area contributed by atoms with E-state index in [0.29, 0.717) is 23.6 Å². The van der Waals surface area contributed by atoms with Crippen molar-refractivity contribution in [2.75, 3.05) is 11.9 Å². The molecular weight excluding hydrogens is 475 g/mol. The molecule has 31 heavy (non-hydrogen) atoms. The van der Waals surface area contributed by atoms with Crippen LogP contribution in [-0.4, -0.2) is 33.3 Å². The summed E-state index contributed by atoms with van der Waals surface area (Å²) < 4.78 is 44.3. The number of hydrogen-bond donors (Lipinski definition) is 1. The van der Waals surface area contributed by atoms with Gasteiger partial charge < -0.3 is 9.53 Å². The molecule has 0 radical (unpaired) electrons. The van der Waals surface area contributed by atoms with Crippen molar-refractivity contribution in [2.24, 2.45) is 0 Å². The van der Waals surface area contributed by atoms with Crippen LogP contribution in [0, 0.1) is 0 Å². The molecule has 0 aliphatic carbocycles. The van der Waals surface area contributed by atoms with E-state index in [1.54, 1.807) is 6.20 Å². The quantitative estimate of drug-likeness (QED) is 0.366. The first-order chi connectivity index (χ1) is 14.9. The maximum absolute atomic E-state index is 12.8. The minimum Gasteiger partial charge on any atom is -0.489 e. The van der Waals surface area contributed by atoms with Gasteiger partial charge in [-0.3, -0.25) is 10.00 Å². The molecule has 2 heterocycles. The number of carbonyl (C=O) groups excluding carboxylic acids is 1. The topological polar surface area (TPSA) is 58.2 Å². The number of alkyl halides is 4. The zero-order valence-electron chi connectivity index (χ0n) is 16.3. The lowest BCUT2D eigenvalue weighted by molar-refractivity contribution is -0.137. The maximum Gasteiger partial charge on any atom is 0.416 e. The van der Waals surface area contributed by atoms with Crippen LogP contribution in [0.25, 0.3) is 11.3 Å². The Hall–Kier alpha value is -2.65. The summed E-state index contributed by atoms with van der Waals surface area (Å²) >= 11 is 3.41. The molecule has 9 heteroatoms. The zero-order chi connectivity index (χ0) is 22.0. The highest BCUT2D eigenvalue weighted by molar-refractivity contribution is 9.09. The number of H-pyrrole nitrogens is 1. The molecule has 3 aromatic rings. The Morgan fingerprint density at radius 2 is 2.00 bits per heavy atom. The number of aromatic amines is 1. The number of aldehydes is 1. The van der Waals surface area contributed by atoms with Gasteiger partial charge in [-0.05, 0) is 35.4 Å². The molecule has 1 unspecified atom stereocenters. The molecule has 0 amide bonds. The monoisotopic (exact) mass is 493 g/mol. The van der Waals surface area contributed by atoms with Crippen LogP contribution in [-0.2, 0) is 24.1 Å². The summed E-state index contributed by atoms with van der Waals surface area (Å²) in [6, 6.07) is 10.3. The third-order valence-corrected chi connectivity index (χ3v) is 5.65. The van der Waals surface area contributed by atoms with Gasteiger partial charge in [-0.25, -0.2) is 0 Å². The van der Waals surface area contributed by atoms with Crippen molar-refractivity contribution >= 4 is 22.2 Å². The van der Waals surface area contributed by atoms with Crippen LogP contribution in [0.5, 0.6) is 5.75 Å². The predicted molar refractivity (Wildman–Crippen MR) is 113 cm³/mol. The van der Waals surface area contributed by atoms with Crippen LogP contribution in [0.15, 0.2) is 48.7 Å². The van der Waals surface area contributed by atoms with Crippen LogP contribution in [0.1, 0.15) is 28.3 Å². The number of halogens is 4. The molecule has 0 saturated heterocycles. The van der Waals surface area contributed by atoms with E-state index < -0.39 is 11.7 Å². The van der Waals surface area contributed by atoms with Gasteiger partial charge in [0.1, 0.15) is 18.6 Å². The number of fused-ring (bicyclic) bond motifs is 1. The number of aromatic nitrogens is 2. The summed E-state index contributed by atoms with van der Waals surface area (Å²) in [4.78, 5) is 13.6. The highest BCUT2D eigenvalue weighted by Gasteiger charge is 2.31. The van der Waals surface area contributed by atoms with Gasteiger partial charge in [-0.2, -0.15) is 18.3 Å². The van der Waals surface area contributed by atoms with E-state index in [9.17, 15) is 18.0 Å². The molecular formula is C22H19BrF3N3O2. The maximum atomic E-state index is 12.8. The number of nitrogens with one attached hydrogen (secondary N) is 1. The van der Waals surface area contributed by atoms with Crippen molar-refractivity contribution in [3.05, 3.63) is 70.9 Å². The SMILES string of the molecule is O=CC1c2ccc(OCc3c[nH]nc3-c3ccc(C(F)(F)F)cc3)cc2CN1CCBr. The van der Waals surface area contributed by atoms with Gasteiger partial charge in [0.25, 0.3) is 0 Å². The third kappa shape index (κ3) is 4.52. The van der Waals surface area contributed by atoms with Gasteiger partial charge in [0.2, 0.25) is 0 Å². The lowest BCUT2D eigenvalue weighted by atomic mass is 10.1. The van der Waals surface area contributed by atoms with Crippen molar-refractivity contribution < 1.29 is 22.7 Å². The molecule has 0 fully saturated rings. The average Bonchev–Trinajstić information content (AvgIpc) is 3.35. The van der Waals surface area contributed by atoms with E-state index in [2.05, 4.69) is 31.0 Å². The van der Waals surface area contributed by atoms with Gasteiger partial charge >= 0.3 is 6.18 Å². The highest BCUT2D eigenvalue weighted by Crippen LogP contribution is 2.35. The second-order valence-corrected chi connectivity index (χ2v) is 8.02. The molecule has 0 spiro atoms. The summed E-state index contributed by atoms with van der Waals surface area (Å²) in [5.74, 6) is 0.656. The summed E-state index contributed by atoms with van der Waals surface area (Å²) in [6.45, 7) is 1.64. The van der Waals surface area contributed by atoms with Crippen molar-refractivity contribution in [1.29, 1.82) is 0 Å². The standard InChI is InChI=1S/C22H19BrF3N3O2/c23-7-8-29-11-15-9-18(5-6-19(15)20(29)12-30)31-13-16-10-27-28-21(16)14-1-3-17(4-2-14)22(24,25)26/h1-6,9-10,12,20H,7-8,11,13H2,(H,27,28). The van der Waals surface area contributed by atoms with Gasteiger partial charge in [-0.15, -0.1) is 0 Å². The van der Waals surface area contributed by atoms with Gasteiger partial charge in [-0.1, -0.05) is 34.1 Å². The number of benzene rings is 2. The largest absolute Gasteiger partial charge is 0.489 e. The van der Waals surface area contributed by atoms with E-state index in [1.165, 1.54) is 12.1 Å². The number of nitrogens with zero attached hydrogens (tertiary/aromatic N) is 2. The Morgan fingerprint density at radius 1 is 1.23 bits per heavy atom. The molecule has 1 aliphatic rings. The smallest absolute Gasteiger partial charge is 0.416 e. The molecule has 1 N–H and O–H groups in total. The predicted octanol–water partition coefficient (Wildman–Crippen LogP) is 5.13. The molecule has 4 rings (SSSR count).